The molecule has 3 heterocycles. The number of nitrogens with zero attached hydrogens (tertiary/aromatic N) is 3. The summed E-state index contributed by atoms with van der Waals surface area (Å²) in [7, 11) is 0. The smallest absolute Gasteiger partial charge is 0.276 e. The molecule has 22 heavy (non-hydrogen) atoms. The van der Waals surface area contributed by atoms with E-state index < -0.39 is 0 Å². The fraction of sp³-hybridized carbons (Fsp3) is 0.533. The van der Waals surface area contributed by atoms with Crippen molar-refractivity contribution >= 4 is 23.3 Å². The summed E-state index contributed by atoms with van der Waals surface area (Å²) in [4.78, 5) is 22.9. The number of amidine groups is 1. The van der Waals surface area contributed by atoms with E-state index in [9.17, 15) is 4.79 Å². The number of hydrogen-bond donors (Lipinski definition) is 3. The minimum absolute atomic E-state index is 0.0640. The lowest BCUT2D eigenvalue weighted by Crippen LogP contribution is -2.32. The lowest BCUT2D eigenvalue weighted by atomic mass is 10.1. The molecule has 1 aromatic rings. The van der Waals surface area contributed by atoms with Gasteiger partial charge in [0.2, 0.25) is 0 Å². The summed E-state index contributed by atoms with van der Waals surface area (Å²) in [6, 6.07) is 0. The van der Waals surface area contributed by atoms with Gasteiger partial charge in [0.15, 0.2) is 5.82 Å². The highest BCUT2D eigenvalue weighted by molar-refractivity contribution is 6.23. The SMILES string of the molecule is CCCC(=N)c1nc2c(c(N3CCCCC3)n1)C(=N)NC2=O. The highest BCUT2D eigenvalue weighted by atomic mass is 16.2. The van der Waals surface area contributed by atoms with Crippen molar-refractivity contribution in [2.24, 2.45) is 0 Å². The average Bonchev–Trinajstić information content (AvgIpc) is 2.82. The largest absolute Gasteiger partial charge is 0.356 e. The molecule has 0 spiro atoms. The first-order chi connectivity index (χ1) is 10.6. The van der Waals surface area contributed by atoms with Crippen LogP contribution in [0.2, 0.25) is 0 Å². The lowest BCUT2D eigenvalue weighted by molar-refractivity contribution is 0.0978. The first-order valence-electron chi connectivity index (χ1n) is 7.77. The average molecular weight is 300 g/mol. The third kappa shape index (κ3) is 2.47. The molecule has 3 rings (SSSR count). The van der Waals surface area contributed by atoms with Gasteiger partial charge in [-0.1, -0.05) is 13.3 Å². The number of fused-ring (bicyclic) bond motifs is 1. The first-order valence-corrected chi connectivity index (χ1v) is 7.77. The normalized spacial score (nSPS) is 17.4. The Kier molecular flexibility index (Phi) is 3.87. The molecule has 2 aliphatic heterocycles. The summed E-state index contributed by atoms with van der Waals surface area (Å²) in [6.45, 7) is 3.73. The Bertz CT molecular complexity index is 648. The maximum absolute atomic E-state index is 12.0. The Morgan fingerprint density at radius 1 is 1.27 bits per heavy atom. The Balaban J connectivity index is 2.09. The third-order valence-corrected chi connectivity index (χ3v) is 4.02. The highest BCUT2D eigenvalue weighted by Gasteiger charge is 2.33. The zero-order chi connectivity index (χ0) is 15.7. The van der Waals surface area contributed by atoms with Gasteiger partial charge in [-0.05, 0) is 25.7 Å². The molecule has 7 heteroatoms. The number of piperidine rings is 1. The summed E-state index contributed by atoms with van der Waals surface area (Å²) in [5.41, 5.74) is 1.06. The van der Waals surface area contributed by atoms with Gasteiger partial charge in [0.1, 0.15) is 17.3 Å². The van der Waals surface area contributed by atoms with Gasteiger partial charge < -0.3 is 15.6 Å². The number of aromatic nitrogens is 2. The molecule has 1 fully saturated rings. The van der Waals surface area contributed by atoms with Crippen LogP contribution in [0.1, 0.15) is 60.9 Å². The van der Waals surface area contributed by atoms with Crippen molar-refractivity contribution in [1.82, 2.24) is 15.3 Å². The van der Waals surface area contributed by atoms with E-state index in [1.807, 2.05) is 6.92 Å². The van der Waals surface area contributed by atoms with Crippen molar-refractivity contribution in [2.45, 2.75) is 39.0 Å². The molecule has 1 saturated heterocycles. The summed E-state index contributed by atoms with van der Waals surface area (Å²) >= 11 is 0. The molecule has 0 aromatic carbocycles. The number of rotatable bonds is 4. The molecule has 1 aromatic heterocycles. The van der Waals surface area contributed by atoms with Crippen LogP contribution >= 0.6 is 0 Å². The molecule has 7 nitrogen and oxygen atoms in total. The molecule has 0 aliphatic carbocycles. The second-order valence-electron chi connectivity index (χ2n) is 5.70. The minimum Gasteiger partial charge on any atom is -0.356 e. The monoisotopic (exact) mass is 300 g/mol. The standard InChI is InChI=1S/C15H20N6O/c1-2-6-9(16)13-18-11-10(12(17)19-15(11)22)14(20-13)21-7-4-3-5-8-21/h16H,2-8H2,1H3,(H2,17,19,22). The molecule has 0 saturated carbocycles. The summed E-state index contributed by atoms with van der Waals surface area (Å²) in [5.74, 6) is 0.635. The molecule has 0 unspecified atom stereocenters. The number of carbonyl (C=O) groups excluding carboxylic acids is 1. The van der Waals surface area contributed by atoms with E-state index in [4.69, 9.17) is 10.8 Å². The van der Waals surface area contributed by atoms with Gasteiger partial charge in [0.25, 0.3) is 5.91 Å². The van der Waals surface area contributed by atoms with Crippen molar-refractivity contribution in [2.75, 3.05) is 18.0 Å². The van der Waals surface area contributed by atoms with Crippen LogP contribution in [0.25, 0.3) is 0 Å². The Labute approximate surface area is 129 Å². The van der Waals surface area contributed by atoms with Gasteiger partial charge >= 0.3 is 0 Å². The molecule has 116 valence electrons. The quantitative estimate of drug-likeness (QED) is 0.736. The Hall–Kier alpha value is -2.31. The van der Waals surface area contributed by atoms with Crippen LogP contribution in [0.15, 0.2) is 0 Å². The maximum atomic E-state index is 12.0. The van der Waals surface area contributed by atoms with Crippen molar-refractivity contribution in [3.8, 4) is 0 Å². The summed E-state index contributed by atoms with van der Waals surface area (Å²) in [5, 5.41) is 18.6. The van der Waals surface area contributed by atoms with Crippen LogP contribution < -0.4 is 10.2 Å². The van der Waals surface area contributed by atoms with E-state index in [-0.39, 0.29) is 17.4 Å². The third-order valence-electron chi connectivity index (χ3n) is 4.02. The van der Waals surface area contributed by atoms with Crippen LogP contribution in [0.4, 0.5) is 5.82 Å². The molecule has 3 N–H and O–H groups in total. The maximum Gasteiger partial charge on any atom is 0.276 e. The minimum atomic E-state index is -0.369. The van der Waals surface area contributed by atoms with Crippen LogP contribution in [-0.2, 0) is 0 Å². The predicted molar refractivity (Wildman–Crippen MR) is 84.1 cm³/mol. The van der Waals surface area contributed by atoms with Crippen molar-refractivity contribution in [3.05, 3.63) is 17.1 Å². The summed E-state index contributed by atoms with van der Waals surface area (Å²) in [6.07, 6.45) is 4.76. The van der Waals surface area contributed by atoms with E-state index in [0.29, 0.717) is 29.3 Å². The highest BCUT2D eigenvalue weighted by Crippen LogP contribution is 2.27. The molecule has 2 aliphatic rings. The molecule has 0 atom stereocenters. The van der Waals surface area contributed by atoms with Crippen LogP contribution in [0.5, 0.6) is 0 Å². The van der Waals surface area contributed by atoms with Crippen LogP contribution in [0.3, 0.4) is 0 Å². The van der Waals surface area contributed by atoms with E-state index in [2.05, 4.69) is 20.2 Å². The molecular weight excluding hydrogens is 280 g/mol. The van der Waals surface area contributed by atoms with Crippen molar-refractivity contribution < 1.29 is 4.79 Å². The van der Waals surface area contributed by atoms with Gasteiger partial charge in [0.05, 0.1) is 11.3 Å². The van der Waals surface area contributed by atoms with E-state index in [1.165, 1.54) is 6.42 Å². The van der Waals surface area contributed by atoms with Crippen LogP contribution in [0, 0.1) is 10.8 Å². The van der Waals surface area contributed by atoms with E-state index in [0.717, 1.165) is 32.4 Å². The van der Waals surface area contributed by atoms with Crippen LogP contribution in [-0.4, -0.2) is 40.5 Å². The number of hydrogen-bond acceptors (Lipinski definition) is 6. The molecular formula is C15H20N6O. The van der Waals surface area contributed by atoms with Crippen molar-refractivity contribution in [3.63, 3.8) is 0 Å². The van der Waals surface area contributed by atoms with Gasteiger partial charge in [-0.3, -0.25) is 10.2 Å². The molecule has 0 radical (unpaired) electrons. The molecule has 1 amide bonds. The van der Waals surface area contributed by atoms with E-state index in [1.54, 1.807) is 0 Å². The fourth-order valence-corrected chi connectivity index (χ4v) is 2.91. The second kappa shape index (κ2) is 5.82. The number of carbonyl (C=O) groups is 1. The second-order valence-corrected chi connectivity index (χ2v) is 5.70. The first kappa shape index (κ1) is 14.6. The summed E-state index contributed by atoms with van der Waals surface area (Å²) < 4.78 is 0. The number of nitrogens with one attached hydrogen (secondary N) is 3. The Morgan fingerprint density at radius 3 is 2.68 bits per heavy atom. The fourth-order valence-electron chi connectivity index (χ4n) is 2.91. The molecule has 0 bridgehead atoms. The zero-order valence-corrected chi connectivity index (χ0v) is 12.7. The van der Waals surface area contributed by atoms with Gasteiger partial charge in [-0.2, -0.15) is 0 Å². The predicted octanol–water partition coefficient (Wildman–Crippen LogP) is 1.70. The topological polar surface area (TPSA) is 106 Å². The number of amides is 1. The van der Waals surface area contributed by atoms with Gasteiger partial charge in [-0.25, -0.2) is 9.97 Å². The lowest BCUT2D eigenvalue weighted by Gasteiger charge is -2.29. The zero-order valence-electron chi connectivity index (χ0n) is 12.7. The van der Waals surface area contributed by atoms with E-state index >= 15 is 0 Å². The Morgan fingerprint density at radius 2 is 2.00 bits per heavy atom. The van der Waals surface area contributed by atoms with Gasteiger partial charge in [-0.15, -0.1) is 0 Å². The van der Waals surface area contributed by atoms with Gasteiger partial charge in [0, 0.05) is 13.1 Å². The number of anilines is 1. The van der Waals surface area contributed by atoms with Crippen molar-refractivity contribution in [1.29, 1.82) is 10.8 Å².